The van der Waals surface area contributed by atoms with Crippen molar-refractivity contribution in [1.29, 1.82) is 0 Å². The van der Waals surface area contributed by atoms with Crippen molar-refractivity contribution in [2.75, 3.05) is 17.1 Å². The second kappa shape index (κ2) is 8.83. The Balaban J connectivity index is 2.11. The first-order chi connectivity index (χ1) is 12.2. The molecule has 0 saturated heterocycles. The molecule has 0 heterocycles. The molecule has 2 rings (SSSR count). The number of benzene rings is 2. The summed E-state index contributed by atoms with van der Waals surface area (Å²) in [5.74, 6) is -0.540. The number of hydrogen-bond donors (Lipinski definition) is 1. The predicted octanol–water partition coefficient (Wildman–Crippen LogP) is 3.25. The van der Waals surface area contributed by atoms with E-state index in [9.17, 15) is 13.2 Å². The minimum Gasteiger partial charge on any atom is -0.271 e. The summed E-state index contributed by atoms with van der Waals surface area (Å²) in [5, 5.41) is 4.62. The zero-order valence-corrected chi connectivity index (χ0v) is 17.8. The minimum atomic E-state index is -3.61. The van der Waals surface area contributed by atoms with Gasteiger partial charge in [-0.15, -0.1) is 0 Å². The highest BCUT2D eigenvalue weighted by Gasteiger charge is 2.20. The summed E-state index contributed by atoms with van der Waals surface area (Å²) < 4.78 is 26.1. The van der Waals surface area contributed by atoms with Crippen LogP contribution < -0.4 is 9.73 Å². The molecule has 2 aromatic rings. The van der Waals surface area contributed by atoms with Crippen molar-refractivity contribution in [2.24, 2.45) is 5.10 Å². The number of anilines is 1. The summed E-state index contributed by atoms with van der Waals surface area (Å²) in [7, 11) is -3.61. The van der Waals surface area contributed by atoms with Crippen LogP contribution in [0, 0.1) is 3.57 Å². The first kappa shape index (κ1) is 20.7. The molecule has 9 heteroatoms. The van der Waals surface area contributed by atoms with Crippen LogP contribution in [0.2, 0.25) is 5.02 Å². The third-order valence-corrected chi connectivity index (χ3v) is 5.52. The van der Waals surface area contributed by atoms with Crippen LogP contribution in [0.4, 0.5) is 5.69 Å². The molecule has 0 aromatic heterocycles. The van der Waals surface area contributed by atoms with Crippen molar-refractivity contribution in [3.8, 4) is 0 Å². The Morgan fingerprint density at radius 2 is 1.73 bits per heavy atom. The van der Waals surface area contributed by atoms with E-state index in [0.29, 0.717) is 16.4 Å². The molecule has 0 atom stereocenters. The fourth-order valence-corrected chi connectivity index (χ4v) is 3.42. The van der Waals surface area contributed by atoms with E-state index < -0.39 is 15.9 Å². The maximum absolute atomic E-state index is 12.2. The number of halogens is 2. The number of carbonyl (C=O) groups is 1. The SMILES string of the molecule is C/C(=N/NC(=O)CN(c1ccc(I)cc1)S(C)(=O)=O)c1ccc(Cl)cc1. The van der Waals surface area contributed by atoms with Crippen LogP contribution in [0.1, 0.15) is 12.5 Å². The number of sulfonamides is 1. The largest absolute Gasteiger partial charge is 0.271 e. The third kappa shape index (κ3) is 5.96. The van der Waals surface area contributed by atoms with E-state index in [1.54, 1.807) is 55.5 Å². The van der Waals surface area contributed by atoms with E-state index in [0.717, 1.165) is 19.7 Å². The van der Waals surface area contributed by atoms with E-state index in [1.807, 2.05) is 0 Å². The molecule has 0 bridgehead atoms. The summed E-state index contributed by atoms with van der Waals surface area (Å²) in [6, 6.07) is 13.9. The molecule has 0 radical (unpaired) electrons. The number of hydrazone groups is 1. The Labute approximate surface area is 171 Å². The predicted molar refractivity (Wildman–Crippen MR) is 113 cm³/mol. The van der Waals surface area contributed by atoms with Gasteiger partial charge in [0.05, 0.1) is 17.7 Å². The third-order valence-electron chi connectivity index (χ3n) is 3.41. The Morgan fingerprint density at radius 3 is 2.27 bits per heavy atom. The molecule has 138 valence electrons. The van der Waals surface area contributed by atoms with E-state index >= 15 is 0 Å². The average Bonchev–Trinajstić information content (AvgIpc) is 2.58. The van der Waals surface area contributed by atoms with Crippen LogP contribution in [-0.4, -0.2) is 32.8 Å². The van der Waals surface area contributed by atoms with Crippen molar-refractivity contribution in [2.45, 2.75) is 6.92 Å². The fraction of sp³-hybridized carbons (Fsp3) is 0.176. The lowest BCUT2D eigenvalue weighted by Crippen LogP contribution is -2.39. The average molecular weight is 506 g/mol. The Bertz CT molecular complexity index is 913. The quantitative estimate of drug-likeness (QED) is 0.372. The summed E-state index contributed by atoms with van der Waals surface area (Å²) in [4.78, 5) is 12.2. The van der Waals surface area contributed by atoms with Gasteiger partial charge in [0.25, 0.3) is 5.91 Å². The highest BCUT2D eigenvalue weighted by molar-refractivity contribution is 14.1. The molecular formula is C17H17ClIN3O3S. The molecule has 1 amide bonds. The van der Waals surface area contributed by atoms with Gasteiger partial charge in [-0.25, -0.2) is 13.8 Å². The standard InChI is InChI=1S/C17H17ClIN3O3S/c1-12(13-3-5-14(18)6-4-13)20-21-17(23)11-22(26(2,24)25)16-9-7-15(19)8-10-16/h3-10H,11H2,1-2H3,(H,21,23)/b20-12-. The maximum Gasteiger partial charge on any atom is 0.260 e. The van der Waals surface area contributed by atoms with Crippen LogP contribution >= 0.6 is 34.2 Å². The van der Waals surface area contributed by atoms with Gasteiger partial charge in [0, 0.05) is 8.59 Å². The number of nitrogens with zero attached hydrogens (tertiary/aromatic N) is 2. The number of rotatable bonds is 6. The van der Waals surface area contributed by atoms with Gasteiger partial charge in [-0.1, -0.05) is 23.7 Å². The van der Waals surface area contributed by atoms with Crippen molar-refractivity contribution in [1.82, 2.24) is 5.43 Å². The molecule has 0 unspecified atom stereocenters. The van der Waals surface area contributed by atoms with Gasteiger partial charge >= 0.3 is 0 Å². The van der Waals surface area contributed by atoms with Crippen molar-refractivity contribution in [3.63, 3.8) is 0 Å². The summed E-state index contributed by atoms with van der Waals surface area (Å²) in [5.41, 5.74) is 4.18. The van der Waals surface area contributed by atoms with Gasteiger partial charge in [0.2, 0.25) is 10.0 Å². The van der Waals surface area contributed by atoms with E-state index in [4.69, 9.17) is 11.6 Å². The van der Waals surface area contributed by atoms with E-state index in [1.165, 1.54) is 0 Å². The van der Waals surface area contributed by atoms with Crippen LogP contribution in [0.5, 0.6) is 0 Å². The molecule has 1 N–H and O–H groups in total. The monoisotopic (exact) mass is 505 g/mol. The lowest BCUT2D eigenvalue weighted by molar-refractivity contribution is -0.119. The van der Waals surface area contributed by atoms with E-state index in [-0.39, 0.29) is 6.54 Å². The lowest BCUT2D eigenvalue weighted by atomic mass is 10.1. The Morgan fingerprint density at radius 1 is 1.15 bits per heavy atom. The lowest BCUT2D eigenvalue weighted by Gasteiger charge is -2.21. The molecular weight excluding hydrogens is 489 g/mol. The van der Waals surface area contributed by atoms with Gasteiger partial charge in [-0.2, -0.15) is 5.10 Å². The fourth-order valence-electron chi connectivity index (χ4n) is 2.08. The molecule has 0 aliphatic carbocycles. The van der Waals surface area contributed by atoms with Crippen LogP contribution in [-0.2, 0) is 14.8 Å². The molecule has 2 aromatic carbocycles. The number of amides is 1. The van der Waals surface area contributed by atoms with Gasteiger partial charge in [0.15, 0.2) is 0 Å². The minimum absolute atomic E-state index is 0.364. The highest BCUT2D eigenvalue weighted by Crippen LogP contribution is 2.18. The van der Waals surface area contributed by atoms with Gasteiger partial charge in [-0.3, -0.25) is 9.10 Å². The van der Waals surface area contributed by atoms with Crippen molar-refractivity contribution >= 4 is 61.5 Å². The summed E-state index contributed by atoms with van der Waals surface area (Å²) in [6.45, 7) is 1.37. The smallest absolute Gasteiger partial charge is 0.260 e. The molecule has 0 saturated carbocycles. The normalized spacial score (nSPS) is 11.9. The Hall–Kier alpha value is -1.65. The summed E-state index contributed by atoms with van der Waals surface area (Å²) >= 11 is 7.96. The number of carbonyl (C=O) groups excluding carboxylic acids is 1. The number of nitrogens with one attached hydrogen (secondary N) is 1. The second-order valence-electron chi connectivity index (χ2n) is 5.49. The maximum atomic E-state index is 12.2. The molecule has 0 spiro atoms. The molecule has 0 aliphatic rings. The first-order valence-corrected chi connectivity index (χ1v) is 10.8. The Kier molecular flexibility index (Phi) is 7.01. The number of hydrogen-bond acceptors (Lipinski definition) is 4. The molecule has 0 fully saturated rings. The van der Waals surface area contributed by atoms with Gasteiger partial charge < -0.3 is 0 Å². The zero-order chi connectivity index (χ0) is 19.3. The van der Waals surface area contributed by atoms with Crippen molar-refractivity contribution < 1.29 is 13.2 Å². The topological polar surface area (TPSA) is 78.8 Å². The van der Waals surface area contributed by atoms with Crippen LogP contribution in [0.3, 0.4) is 0 Å². The second-order valence-corrected chi connectivity index (χ2v) is 9.07. The van der Waals surface area contributed by atoms with E-state index in [2.05, 4.69) is 33.1 Å². The molecule has 6 nitrogen and oxygen atoms in total. The first-order valence-electron chi connectivity index (χ1n) is 7.49. The molecule has 0 aliphatic heterocycles. The zero-order valence-electron chi connectivity index (χ0n) is 14.1. The molecule has 26 heavy (non-hydrogen) atoms. The van der Waals surface area contributed by atoms with Crippen molar-refractivity contribution in [3.05, 3.63) is 62.7 Å². The van der Waals surface area contributed by atoms with Gasteiger partial charge in [-0.05, 0) is 71.5 Å². The summed E-state index contributed by atoms with van der Waals surface area (Å²) in [6.07, 6.45) is 1.06. The highest BCUT2D eigenvalue weighted by atomic mass is 127. The van der Waals surface area contributed by atoms with Crippen LogP contribution in [0.25, 0.3) is 0 Å². The van der Waals surface area contributed by atoms with Crippen LogP contribution in [0.15, 0.2) is 53.6 Å². The van der Waals surface area contributed by atoms with Gasteiger partial charge in [0.1, 0.15) is 6.54 Å².